The van der Waals surface area contributed by atoms with Crippen LogP contribution in [-0.4, -0.2) is 9.13 Å². The van der Waals surface area contributed by atoms with E-state index < -0.39 is 0 Å². The molecule has 0 aliphatic heterocycles. The van der Waals surface area contributed by atoms with Crippen molar-refractivity contribution in [2.75, 3.05) is 0 Å². The van der Waals surface area contributed by atoms with E-state index in [1.54, 1.807) is 0 Å². The van der Waals surface area contributed by atoms with E-state index in [1.165, 1.54) is 76.3 Å². The zero-order chi connectivity index (χ0) is 34.6. The Bertz CT molecular complexity index is 3450. The van der Waals surface area contributed by atoms with Gasteiger partial charge in [-0.05, 0) is 105 Å². The van der Waals surface area contributed by atoms with Gasteiger partial charge in [0.2, 0.25) is 0 Å². The predicted molar refractivity (Wildman–Crippen MR) is 223 cm³/mol. The fraction of sp³-hybridized carbons (Fsp3) is 0. The van der Waals surface area contributed by atoms with E-state index in [1.807, 2.05) is 0 Å². The van der Waals surface area contributed by atoms with E-state index in [2.05, 4.69) is 191 Å². The van der Waals surface area contributed by atoms with E-state index in [4.69, 9.17) is 4.42 Å². The van der Waals surface area contributed by atoms with E-state index in [9.17, 15) is 0 Å². The molecule has 0 fully saturated rings. The lowest BCUT2D eigenvalue weighted by molar-refractivity contribution is 0.669. The second kappa shape index (κ2) is 10.7. The maximum absolute atomic E-state index is 6.41. The predicted octanol–water partition coefficient (Wildman–Crippen LogP) is 13.8. The molecule has 0 saturated heterocycles. The van der Waals surface area contributed by atoms with Crippen LogP contribution in [0.2, 0.25) is 0 Å². The van der Waals surface area contributed by atoms with E-state index >= 15 is 0 Å². The number of fused-ring (bicyclic) bond motifs is 11. The number of rotatable bonds is 3. The van der Waals surface area contributed by atoms with Crippen LogP contribution in [0.5, 0.6) is 0 Å². The van der Waals surface area contributed by atoms with E-state index in [-0.39, 0.29) is 0 Å². The summed E-state index contributed by atoms with van der Waals surface area (Å²) in [6.45, 7) is 0. The maximum atomic E-state index is 6.41. The van der Waals surface area contributed by atoms with Gasteiger partial charge in [-0.2, -0.15) is 0 Å². The minimum absolute atomic E-state index is 0.903. The molecule has 0 atom stereocenters. The van der Waals surface area contributed by atoms with Gasteiger partial charge in [0.1, 0.15) is 11.2 Å². The fourth-order valence-electron chi connectivity index (χ4n) is 8.86. The average Bonchev–Trinajstić information content (AvgIpc) is 3.85. The molecule has 9 aromatic carbocycles. The molecule has 0 bridgehead atoms. The van der Waals surface area contributed by atoms with Crippen LogP contribution in [0.15, 0.2) is 186 Å². The number of nitrogens with zero attached hydrogens (tertiary/aromatic N) is 2. The third kappa shape index (κ3) is 4.10. The van der Waals surface area contributed by atoms with Gasteiger partial charge in [0, 0.05) is 43.7 Å². The molecule has 0 aliphatic rings. The highest BCUT2D eigenvalue weighted by Crippen LogP contribution is 2.42. The van der Waals surface area contributed by atoms with Crippen molar-refractivity contribution in [3.63, 3.8) is 0 Å². The molecule has 3 nitrogen and oxygen atoms in total. The van der Waals surface area contributed by atoms with E-state index in [0.29, 0.717) is 0 Å². The summed E-state index contributed by atoms with van der Waals surface area (Å²) in [4.78, 5) is 0. The summed E-state index contributed by atoms with van der Waals surface area (Å²) >= 11 is 0. The first-order chi connectivity index (χ1) is 26.3. The van der Waals surface area contributed by atoms with Crippen molar-refractivity contribution < 1.29 is 4.42 Å². The molecule has 0 unspecified atom stereocenters. The normalized spacial score (nSPS) is 12.2. The summed E-state index contributed by atoms with van der Waals surface area (Å²) in [6, 6.07) is 66.2. The van der Waals surface area contributed by atoms with Crippen LogP contribution in [0.4, 0.5) is 0 Å². The van der Waals surface area contributed by atoms with Crippen LogP contribution in [0.1, 0.15) is 0 Å². The van der Waals surface area contributed by atoms with Crippen LogP contribution in [0.25, 0.3) is 110 Å². The Balaban J connectivity index is 1.15. The third-order valence-electron chi connectivity index (χ3n) is 11.2. The largest absolute Gasteiger partial charge is 0.456 e. The summed E-state index contributed by atoms with van der Waals surface area (Å²) < 4.78 is 11.3. The van der Waals surface area contributed by atoms with Gasteiger partial charge in [-0.3, -0.25) is 0 Å². The van der Waals surface area contributed by atoms with Gasteiger partial charge >= 0.3 is 0 Å². The Kier molecular flexibility index (Phi) is 5.77. The average molecular weight is 675 g/mol. The Hall–Kier alpha value is -7.10. The van der Waals surface area contributed by atoms with Crippen molar-refractivity contribution in [3.8, 4) is 22.5 Å². The zero-order valence-electron chi connectivity index (χ0n) is 28.6. The SMILES string of the molecule is c1ccc(-n2c3ccccc3c3cc4c5ccccc5n(-c5cc(-c6ccc7oc8cc9ccccc9cc8c7c6)c6ccccc6c5)c4cc32)cc1. The Morgan fingerprint density at radius 3 is 1.62 bits per heavy atom. The number of hydrogen-bond acceptors (Lipinski definition) is 1. The monoisotopic (exact) mass is 674 g/mol. The standard InChI is InChI=1S/C50H30N2O/c1-2-15-35(16-3-1)51-45-20-10-8-18-38(45)41-29-42-39-19-9-11-21-46(39)52(48(42)30-47(41)51)36-24-33-14-6-7-17-37(33)40(28-36)34-22-23-49-43(26-34)44-25-31-12-4-5-13-32(31)27-50(44)53-49/h1-30H. The summed E-state index contributed by atoms with van der Waals surface area (Å²) in [5.41, 5.74) is 11.2. The Morgan fingerprint density at radius 2 is 0.887 bits per heavy atom. The molecule has 12 rings (SSSR count). The van der Waals surface area contributed by atoms with Crippen molar-refractivity contribution in [2.45, 2.75) is 0 Å². The Morgan fingerprint density at radius 1 is 0.302 bits per heavy atom. The highest BCUT2D eigenvalue weighted by atomic mass is 16.3. The molecule has 0 amide bonds. The molecule has 0 radical (unpaired) electrons. The van der Waals surface area contributed by atoms with Gasteiger partial charge in [0.15, 0.2) is 0 Å². The number of para-hydroxylation sites is 3. The molecular weight excluding hydrogens is 645 g/mol. The minimum Gasteiger partial charge on any atom is -0.456 e. The maximum Gasteiger partial charge on any atom is 0.136 e. The van der Waals surface area contributed by atoms with Gasteiger partial charge in [0.05, 0.1) is 22.1 Å². The number of benzene rings is 9. The van der Waals surface area contributed by atoms with Gasteiger partial charge in [0.25, 0.3) is 0 Å². The lowest BCUT2D eigenvalue weighted by Gasteiger charge is -2.14. The van der Waals surface area contributed by atoms with Crippen molar-refractivity contribution in [2.24, 2.45) is 0 Å². The fourth-order valence-corrected chi connectivity index (χ4v) is 8.86. The molecule has 12 aromatic rings. The van der Waals surface area contributed by atoms with Crippen LogP contribution in [0, 0.1) is 0 Å². The summed E-state index contributed by atoms with van der Waals surface area (Å²) in [6.07, 6.45) is 0. The number of furan rings is 1. The topological polar surface area (TPSA) is 23.0 Å². The highest BCUT2D eigenvalue weighted by molar-refractivity contribution is 6.19. The molecule has 3 aromatic heterocycles. The van der Waals surface area contributed by atoms with Crippen LogP contribution in [-0.2, 0) is 0 Å². The van der Waals surface area contributed by atoms with Crippen molar-refractivity contribution in [3.05, 3.63) is 182 Å². The quantitative estimate of drug-likeness (QED) is 0.183. The van der Waals surface area contributed by atoms with Gasteiger partial charge < -0.3 is 13.6 Å². The first kappa shape index (κ1) is 28.6. The van der Waals surface area contributed by atoms with Crippen LogP contribution < -0.4 is 0 Å². The summed E-state index contributed by atoms with van der Waals surface area (Å²) in [7, 11) is 0. The Labute approximate surface area is 304 Å². The van der Waals surface area contributed by atoms with E-state index in [0.717, 1.165) is 33.3 Å². The first-order valence-corrected chi connectivity index (χ1v) is 18.2. The molecular formula is C50H30N2O. The third-order valence-corrected chi connectivity index (χ3v) is 11.2. The molecule has 0 saturated carbocycles. The van der Waals surface area contributed by atoms with Crippen molar-refractivity contribution >= 4 is 87.1 Å². The number of aromatic nitrogens is 2. The summed E-state index contributed by atoms with van der Waals surface area (Å²) in [5.74, 6) is 0. The minimum atomic E-state index is 0.903. The second-order valence-electron chi connectivity index (χ2n) is 14.2. The molecule has 0 aliphatic carbocycles. The summed E-state index contributed by atoms with van der Waals surface area (Å²) in [5, 5.41) is 12.1. The smallest absolute Gasteiger partial charge is 0.136 e. The molecule has 53 heavy (non-hydrogen) atoms. The first-order valence-electron chi connectivity index (χ1n) is 18.2. The van der Waals surface area contributed by atoms with Crippen LogP contribution in [0.3, 0.4) is 0 Å². The van der Waals surface area contributed by atoms with Crippen molar-refractivity contribution in [1.82, 2.24) is 9.13 Å². The van der Waals surface area contributed by atoms with Crippen molar-refractivity contribution in [1.29, 1.82) is 0 Å². The lowest BCUT2D eigenvalue weighted by atomic mass is 9.95. The van der Waals surface area contributed by atoms with Gasteiger partial charge in [-0.25, -0.2) is 0 Å². The van der Waals surface area contributed by atoms with Gasteiger partial charge in [-0.1, -0.05) is 109 Å². The molecule has 3 heterocycles. The van der Waals surface area contributed by atoms with Gasteiger partial charge in [-0.15, -0.1) is 0 Å². The van der Waals surface area contributed by atoms with Crippen LogP contribution >= 0.6 is 0 Å². The lowest BCUT2D eigenvalue weighted by Crippen LogP contribution is -1.97. The number of hydrogen-bond donors (Lipinski definition) is 0. The molecule has 0 N–H and O–H groups in total. The molecule has 3 heteroatoms. The molecule has 246 valence electrons. The zero-order valence-corrected chi connectivity index (χ0v) is 28.6. The molecule has 0 spiro atoms. The second-order valence-corrected chi connectivity index (χ2v) is 14.2. The highest BCUT2D eigenvalue weighted by Gasteiger charge is 2.20.